The molecule has 0 bridgehead atoms. The van der Waals surface area contributed by atoms with Crippen molar-refractivity contribution in [3.63, 3.8) is 0 Å². The van der Waals surface area contributed by atoms with Gasteiger partial charge in [-0.3, -0.25) is 15.5 Å². The average Bonchev–Trinajstić information content (AvgIpc) is 2.36. The molecule has 102 valence electrons. The van der Waals surface area contributed by atoms with Crippen molar-refractivity contribution >= 4 is 23.2 Å². The van der Waals surface area contributed by atoms with E-state index in [9.17, 15) is 19.3 Å². The van der Waals surface area contributed by atoms with E-state index in [0.717, 1.165) is 18.2 Å². The summed E-state index contributed by atoms with van der Waals surface area (Å²) in [5, 5.41) is 14.1. The highest BCUT2D eigenvalue weighted by atomic mass is 19.1. The molecular weight excluding hydrogens is 259 g/mol. The topological polar surface area (TPSA) is 120 Å². The summed E-state index contributed by atoms with van der Waals surface area (Å²) in [6, 6.07) is 2.83. The number of esters is 1. The Balaban J connectivity index is 2.91. The van der Waals surface area contributed by atoms with Crippen LogP contribution < -0.4 is 11.2 Å². The average molecular weight is 270 g/mol. The molecule has 0 radical (unpaired) electrons. The number of anilines is 1. The van der Waals surface area contributed by atoms with E-state index >= 15 is 0 Å². The number of amidine groups is 1. The molecule has 3 N–H and O–H groups in total. The van der Waals surface area contributed by atoms with Crippen molar-refractivity contribution in [1.29, 1.82) is 0 Å². The van der Waals surface area contributed by atoms with Gasteiger partial charge in [-0.1, -0.05) is 0 Å². The van der Waals surface area contributed by atoms with Crippen LogP contribution >= 0.6 is 0 Å². The minimum absolute atomic E-state index is 0.0985. The largest absolute Gasteiger partial charge is 0.460 e. The van der Waals surface area contributed by atoms with Crippen LogP contribution in [0.15, 0.2) is 23.3 Å². The van der Waals surface area contributed by atoms with Crippen LogP contribution in [0.5, 0.6) is 0 Å². The first-order valence-corrected chi connectivity index (χ1v) is 5.16. The lowest BCUT2D eigenvalue weighted by atomic mass is 10.2. The number of nitrogens with zero attached hydrogens (tertiary/aromatic N) is 2. The number of nitrogens with one attached hydrogen (secondary N) is 1. The fourth-order valence-electron chi connectivity index (χ4n) is 1.12. The molecule has 0 spiro atoms. The van der Waals surface area contributed by atoms with Crippen molar-refractivity contribution in [2.24, 2.45) is 10.8 Å². The predicted octanol–water partition coefficient (Wildman–Crippen LogP) is 0.981. The maximum atomic E-state index is 12.9. The van der Waals surface area contributed by atoms with Crippen LogP contribution in [0.4, 0.5) is 15.8 Å². The Morgan fingerprint density at radius 2 is 2.32 bits per heavy atom. The van der Waals surface area contributed by atoms with Crippen molar-refractivity contribution in [3.8, 4) is 0 Å². The van der Waals surface area contributed by atoms with Gasteiger partial charge in [0.05, 0.1) is 17.6 Å². The van der Waals surface area contributed by atoms with Gasteiger partial charge in [-0.15, -0.1) is 5.10 Å². The second-order valence-corrected chi connectivity index (χ2v) is 3.25. The van der Waals surface area contributed by atoms with Crippen LogP contribution in [0.1, 0.15) is 6.92 Å². The second kappa shape index (κ2) is 6.28. The molecule has 0 fully saturated rings. The number of hydrogen-bond donors (Lipinski definition) is 2. The van der Waals surface area contributed by atoms with E-state index < -0.39 is 28.2 Å². The highest BCUT2D eigenvalue weighted by Crippen LogP contribution is 2.24. The highest BCUT2D eigenvalue weighted by molar-refractivity contribution is 6.34. The molecule has 8 nitrogen and oxygen atoms in total. The molecule has 0 amide bonds. The van der Waals surface area contributed by atoms with E-state index in [0.29, 0.717) is 0 Å². The van der Waals surface area contributed by atoms with Gasteiger partial charge in [0.25, 0.3) is 5.69 Å². The second-order valence-electron chi connectivity index (χ2n) is 3.25. The highest BCUT2D eigenvalue weighted by Gasteiger charge is 2.15. The summed E-state index contributed by atoms with van der Waals surface area (Å²) in [4.78, 5) is 21.0. The Kier molecular flexibility index (Phi) is 4.75. The van der Waals surface area contributed by atoms with Crippen LogP contribution in [-0.2, 0) is 9.53 Å². The molecule has 0 aliphatic carbocycles. The lowest BCUT2D eigenvalue weighted by Crippen LogP contribution is -2.27. The zero-order valence-corrected chi connectivity index (χ0v) is 9.92. The molecule has 0 heterocycles. The van der Waals surface area contributed by atoms with Crippen molar-refractivity contribution in [3.05, 3.63) is 34.1 Å². The molecule has 9 heteroatoms. The lowest BCUT2D eigenvalue weighted by molar-refractivity contribution is -0.384. The molecule has 0 unspecified atom stereocenters. The normalized spacial score (nSPS) is 10.9. The molecule has 0 aromatic heterocycles. The summed E-state index contributed by atoms with van der Waals surface area (Å²) in [7, 11) is 0. The summed E-state index contributed by atoms with van der Waals surface area (Å²) < 4.78 is 17.4. The van der Waals surface area contributed by atoms with Crippen LogP contribution in [0.25, 0.3) is 0 Å². The smallest absolute Gasteiger partial charge is 0.375 e. The molecular formula is C10H11FN4O4. The zero-order chi connectivity index (χ0) is 14.4. The van der Waals surface area contributed by atoms with Gasteiger partial charge < -0.3 is 10.5 Å². The maximum Gasteiger partial charge on any atom is 0.375 e. The van der Waals surface area contributed by atoms with Crippen LogP contribution in [-0.4, -0.2) is 23.3 Å². The minimum atomic E-state index is -0.861. The summed E-state index contributed by atoms with van der Waals surface area (Å²) in [6.45, 7) is 1.70. The van der Waals surface area contributed by atoms with Gasteiger partial charge in [-0.2, -0.15) is 0 Å². The van der Waals surface area contributed by atoms with E-state index in [2.05, 4.69) is 15.3 Å². The number of carbonyl (C=O) groups excluding carboxylic acids is 1. The van der Waals surface area contributed by atoms with E-state index in [-0.39, 0.29) is 12.3 Å². The fraction of sp³-hybridized carbons (Fsp3) is 0.200. The number of ether oxygens (including phenoxy) is 1. The molecule has 1 aromatic carbocycles. The number of halogens is 1. The molecule has 0 saturated heterocycles. The number of nitrogens with two attached hydrogens (primary N) is 1. The monoisotopic (exact) mass is 270 g/mol. The number of hydrogen-bond acceptors (Lipinski definition) is 6. The first-order valence-electron chi connectivity index (χ1n) is 5.16. The van der Waals surface area contributed by atoms with Gasteiger partial charge in [-0.05, 0) is 19.1 Å². The molecule has 19 heavy (non-hydrogen) atoms. The molecule has 0 saturated carbocycles. The van der Waals surface area contributed by atoms with E-state index in [1.165, 1.54) is 0 Å². The SMILES string of the molecule is CCOC(=O)/C(N)=N\Nc1ccc(F)cc1[N+](=O)[O-]. The number of rotatable bonds is 4. The number of benzene rings is 1. The summed E-state index contributed by atoms with van der Waals surface area (Å²) in [5.74, 6) is -2.13. The third kappa shape index (κ3) is 3.91. The number of nitro groups is 1. The summed E-state index contributed by atoms with van der Waals surface area (Å²) >= 11 is 0. The Hall–Kier alpha value is -2.71. The first kappa shape index (κ1) is 14.4. The van der Waals surface area contributed by atoms with Crippen molar-refractivity contribution in [1.82, 2.24) is 0 Å². The number of hydrazone groups is 1. The Morgan fingerprint density at radius 1 is 1.63 bits per heavy atom. The fourth-order valence-corrected chi connectivity index (χ4v) is 1.12. The van der Waals surface area contributed by atoms with Gasteiger partial charge >= 0.3 is 5.97 Å². The third-order valence-corrected chi connectivity index (χ3v) is 1.94. The van der Waals surface area contributed by atoms with E-state index in [1.54, 1.807) is 6.92 Å². The Morgan fingerprint density at radius 3 is 2.89 bits per heavy atom. The van der Waals surface area contributed by atoms with Gasteiger partial charge in [0.15, 0.2) is 0 Å². The Bertz CT molecular complexity index is 532. The molecule has 0 aliphatic rings. The van der Waals surface area contributed by atoms with Gasteiger partial charge in [0.1, 0.15) is 11.5 Å². The standard InChI is InChI=1S/C10H11FN4O4/c1-2-19-10(16)9(12)14-13-7-4-3-6(11)5-8(7)15(17)18/h3-5,13H,2H2,1H3,(H2,12,14). The van der Waals surface area contributed by atoms with Crippen LogP contribution in [0.2, 0.25) is 0 Å². The van der Waals surface area contributed by atoms with Crippen molar-refractivity contribution in [2.75, 3.05) is 12.0 Å². The lowest BCUT2D eigenvalue weighted by Gasteiger charge is -2.04. The molecule has 1 aromatic rings. The quantitative estimate of drug-likeness (QED) is 0.276. The van der Waals surface area contributed by atoms with E-state index in [1.807, 2.05) is 0 Å². The van der Waals surface area contributed by atoms with Gasteiger partial charge in [-0.25, -0.2) is 9.18 Å². The molecule has 1 rings (SSSR count). The first-order chi connectivity index (χ1) is 8.95. The Labute approximate surface area is 107 Å². The predicted molar refractivity (Wildman–Crippen MR) is 64.9 cm³/mol. The van der Waals surface area contributed by atoms with Crippen LogP contribution in [0, 0.1) is 15.9 Å². The van der Waals surface area contributed by atoms with Crippen molar-refractivity contribution in [2.45, 2.75) is 6.92 Å². The van der Waals surface area contributed by atoms with Gasteiger partial charge in [0.2, 0.25) is 5.84 Å². The summed E-state index contributed by atoms with van der Waals surface area (Å²) in [5.41, 5.74) is 6.87. The minimum Gasteiger partial charge on any atom is -0.460 e. The summed E-state index contributed by atoms with van der Waals surface area (Å²) in [6.07, 6.45) is 0. The van der Waals surface area contributed by atoms with Crippen molar-refractivity contribution < 1.29 is 18.8 Å². The number of nitro benzene ring substituents is 1. The molecule has 0 atom stereocenters. The molecule has 0 aliphatic heterocycles. The van der Waals surface area contributed by atoms with Crippen LogP contribution in [0.3, 0.4) is 0 Å². The number of carbonyl (C=O) groups is 1. The zero-order valence-electron chi connectivity index (χ0n) is 9.92. The van der Waals surface area contributed by atoms with E-state index in [4.69, 9.17) is 5.73 Å². The third-order valence-electron chi connectivity index (χ3n) is 1.94. The maximum absolute atomic E-state index is 12.9. The van der Waals surface area contributed by atoms with Gasteiger partial charge in [0, 0.05) is 0 Å².